The van der Waals surface area contributed by atoms with E-state index in [1.165, 1.54) is 29.5 Å². The molecule has 0 spiro atoms. The summed E-state index contributed by atoms with van der Waals surface area (Å²) < 4.78 is 27.1. The van der Waals surface area contributed by atoms with Crippen LogP contribution < -0.4 is 4.72 Å². The van der Waals surface area contributed by atoms with Crippen molar-refractivity contribution in [3.05, 3.63) is 65.4 Å². The molecule has 2 heterocycles. The van der Waals surface area contributed by atoms with Gasteiger partial charge in [0.2, 0.25) is 10.0 Å². The van der Waals surface area contributed by atoms with Gasteiger partial charge in [-0.2, -0.15) is 0 Å². The third kappa shape index (κ3) is 4.31. The van der Waals surface area contributed by atoms with E-state index < -0.39 is 16.0 Å². The molecule has 0 aliphatic carbocycles. The van der Waals surface area contributed by atoms with Crippen LogP contribution in [0.4, 0.5) is 0 Å². The molecule has 0 saturated heterocycles. The Bertz CT molecular complexity index is 1020. The van der Waals surface area contributed by atoms with Gasteiger partial charge in [-0.1, -0.05) is 6.07 Å². The van der Waals surface area contributed by atoms with Crippen LogP contribution in [0.15, 0.2) is 59.1 Å². The number of carboxylic acids is 1. The van der Waals surface area contributed by atoms with Gasteiger partial charge in [0, 0.05) is 36.3 Å². The summed E-state index contributed by atoms with van der Waals surface area (Å²) in [4.78, 5) is 19.3. The molecule has 2 aromatic heterocycles. The Kier molecular flexibility index (Phi) is 5.40. The van der Waals surface area contributed by atoms with Crippen molar-refractivity contribution < 1.29 is 18.3 Å². The molecular formula is C17H15N3O4S2. The zero-order valence-electron chi connectivity index (χ0n) is 13.5. The molecule has 7 nitrogen and oxygen atoms in total. The number of rotatable bonds is 7. The Balaban J connectivity index is 1.63. The summed E-state index contributed by atoms with van der Waals surface area (Å²) in [5, 5.41) is 11.7. The van der Waals surface area contributed by atoms with Gasteiger partial charge >= 0.3 is 5.97 Å². The number of aromatic nitrogens is 2. The van der Waals surface area contributed by atoms with E-state index in [0.717, 1.165) is 22.3 Å². The number of hydrogen-bond acceptors (Lipinski definition) is 6. The smallest absolute Gasteiger partial charge is 0.335 e. The fourth-order valence-corrected chi connectivity index (χ4v) is 4.18. The van der Waals surface area contributed by atoms with Gasteiger partial charge in [0.15, 0.2) is 0 Å². The Morgan fingerprint density at radius 1 is 1.19 bits per heavy atom. The van der Waals surface area contributed by atoms with E-state index in [9.17, 15) is 13.2 Å². The van der Waals surface area contributed by atoms with E-state index in [1.807, 2.05) is 17.5 Å². The summed E-state index contributed by atoms with van der Waals surface area (Å²) in [5.74, 6) is -1.17. The molecule has 2 N–H and O–H groups in total. The molecule has 3 rings (SSSR count). The number of nitrogens with one attached hydrogen (secondary N) is 1. The fraction of sp³-hybridized carbons (Fsp3) is 0.118. The average Bonchev–Trinajstić information content (AvgIpc) is 3.11. The van der Waals surface area contributed by atoms with Crippen LogP contribution in [-0.4, -0.2) is 36.0 Å². The molecule has 0 atom stereocenters. The van der Waals surface area contributed by atoms with Gasteiger partial charge in [-0.25, -0.2) is 22.9 Å². The maximum absolute atomic E-state index is 12.3. The number of thiazole rings is 1. The predicted molar refractivity (Wildman–Crippen MR) is 97.6 cm³/mol. The van der Waals surface area contributed by atoms with Gasteiger partial charge in [0.25, 0.3) is 0 Å². The SMILES string of the molecule is O=C(O)c1cccc(S(=O)(=O)NCCc2csc(-c3ccncc3)n2)c1. The number of pyridine rings is 1. The van der Waals surface area contributed by atoms with E-state index in [1.54, 1.807) is 12.4 Å². The van der Waals surface area contributed by atoms with Crippen LogP contribution in [0.25, 0.3) is 10.6 Å². The molecule has 134 valence electrons. The van der Waals surface area contributed by atoms with Gasteiger partial charge in [-0.3, -0.25) is 4.98 Å². The van der Waals surface area contributed by atoms with Gasteiger partial charge in [0.05, 0.1) is 16.2 Å². The molecule has 0 bridgehead atoms. The van der Waals surface area contributed by atoms with Crippen molar-refractivity contribution in [1.82, 2.24) is 14.7 Å². The highest BCUT2D eigenvalue weighted by atomic mass is 32.2. The number of carbonyl (C=O) groups is 1. The molecule has 0 radical (unpaired) electrons. The molecule has 0 amide bonds. The minimum Gasteiger partial charge on any atom is -0.478 e. The first kappa shape index (κ1) is 18.2. The van der Waals surface area contributed by atoms with Gasteiger partial charge in [-0.05, 0) is 30.3 Å². The number of benzene rings is 1. The number of carboxylic acid groups (broad SMARTS) is 1. The summed E-state index contributed by atoms with van der Waals surface area (Å²) in [7, 11) is -3.78. The fourth-order valence-electron chi connectivity index (χ4n) is 2.24. The van der Waals surface area contributed by atoms with Crippen LogP contribution in [0, 0.1) is 0 Å². The predicted octanol–water partition coefficient (Wildman–Crippen LogP) is 2.42. The van der Waals surface area contributed by atoms with Crippen molar-refractivity contribution in [3.8, 4) is 10.6 Å². The summed E-state index contributed by atoms with van der Waals surface area (Å²) in [5.41, 5.74) is 1.67. The second-order valence-electron chi connectivity index (χ2n) is 5.36. The summed E-state index contributed by atoms with van der Waals surface area (Å²) >= 11 is 1.48. The normalized spacial score (nSPS) is 11.4. The van der Waals surface area contributed by atoms with Crippen molar-refractivity contribution in [3.63, 3.8) is 0 Å². The van der Waals surface area contributed by atoms with E-state index in [-0.39, 0.29) is 17.0 Å². The maximum Gasteiger partial charge on any atom is 0.335 e. The number of sulfonamides is 1. The summed E-state index contributed by atoms with van der Waals surface area (Å²) in [6, 6.07) is 8.96. The topological polar surface area (TPSA) is 109 Å². The Morgan fingerprint density at radius 3 is 2.69 bits per heavy atom. The van der Waals surface area contributed by atoms with Crippen LogP contribution >= 0.6 is 11.3 Å². The quantitative estimate of drug-likeness (QED) is 0.642. The summed E-state index contributed by atoms with van der Waals surface area (Å²) in [6.07, 6.45) is 3.81. The van der Waals surface area contributed by atoms with Crippen molar-refractivity contribution in [1.29, 1.82) is 0 Å². The largest absolute Gasteiger partial charge is 0.478 e. The standard InChI is InChI=1S/C17H15N3O4S2/c21-17(22)13-2-1-3-15(10-13)26(23,24)19-9-6-14-11-25-16(20-14)12-4-7-18-8-5-12/h1-5,7-8,10-11,19H,6,9H2,(H,21,22). The van der Waals surface area contributed by atoms with Crippen LogP contribution in [0.5, 0.6) is 0 Å². The Morgan fingerprint density at radius 2 is 1.96 bits per heavy atom. The lowest BCUT2D eigenvalue weighted by atomic mass is 10.2. The number of nitrogens with zero attached hydrogens (tertiary/aromatic N) is 2. The second kappa shape index (κ2) is 7.73. The van der Waals surface area contributed by atoms with Gasteiger partial charge < -0.3 is 5.11 Å². The second-order valence-corrected chi connectivity index (χ2v) is 7.99. The van der Waals surface area contributed by atoms with Crippen LogP contribution in [0.3, 0.4) is 0 Å². The van der Waals surface area contributed by atoms with E-state index in [0.29, 0.717) is 6.42 Å². The van der Waals surface area contributed by atoms with Gasteiger partial charge in [0.1, 0.15) is 5.01 Å². The average molecular weight is 389 g/mol. The first-order chi connectivity index (χ1) is 12.5. The zero-order chi connectivity index (χ0) is 18.6. The van der Waals surface area contributed by atoms with Crippen molar-refractivity contribution in [2.75, 3.05) is 6.54 Å². The monoisotopic (exact) mass is 389 g/mol. The third-order valence-corrected chi connectivity index (χ3v) is 5.94. The highest BCUT2D eigenvalue weighted by molar-refractivity contribution is 7.89. The van der Waals surface area contributed by atoms with Crippen molar-refractivity contribution in [2.45, 2.75) is 11.3 Å². The minimum absolute atomic E-state index is 0.0747. The molecule has 9 heteroatoms. The number of hydrogen-bond donors (Lipinski definition) is 2. The molecule has 0 saturated carbocycles. The highest BCUT2D eigenvalue weighted by Crippen LogP contribution is 2.23. The molecule has 0 fully saturated rings. The molecule has 3 aromatic rings. The molecule has 0 aliphatic rings. The van der Waals surface area contributed by atoms with E-state index in [2.05, 4.69) is 14.7 Å². The Hall–Kier alpha value is -2.62. The van der Waals surface area contributed by atoms with Crippen molar-refractivity contribution in [2.24, 2.45) is 0 Å². The molecule has 1 aromatic carbocycles. The Labute approximate surface area is 154 Å². The molecule has 0 unspecified atom stereocenters. The maximum atomic E-state index is 12.3. The van der Waals surface area contributed by atoms with E-state index >= 15 is 0 Å². The zero-order valence-corrected chi connectivity index (χ0v) is 15.1. The lowest BCUT2D eigenvalue weighted by molar-refractivity contribution is 0.0696. The first-order valence-electron chi connectivity index (χ1n) is 7.63. The van der Waals surface area contributed by atoms with Crippen LogP contribution in [0.2, 0.25) is 0 Å². The highest BCUT2D eigenvalue weighted by Gasteiger charge is 2.16. The molecule has 0 aliphatic heterocycles. The lowest BCUT2D eigenvalue weighted by Gasteiger charge is -2.06. The number of aromatic carboxylic acids is 1. The lowest BCUT2D eigenvalue weighted by Crippen LogP contribution is -2.26. The minimum atomic E-state index is -3.78. The molecular weight excluding hydrogens is 374 g/mol. The van der Waals surface area contributed by atoms with Gasteiger partial charge in [-0.15, -0.1) is 11.3 Å². The first-order valence-corrected chi connectivity index (χ1v) is 10.00. The van der Waals surface area contributed by atoms with Crippen LogP contribution in [-0.2, 0) is 16.4 Å². The van der Waals surface area contributed by atoms with Crippen LogP contribution in [0.1, 0.15) is 16.1 Å². The third-order valence-electron chi connectivity index (χ3n) is 3.54. The van der Waals surface area contributed by atoms with Crippen molar-refractivity contribution >= 4 is 27.3 Å². The van der Waals surface area contributed by atoms with E-state index in [4.69, 9.17) is 5.11 Å². The summed E-state index contributed by atoms with van der Waals surface area (Å²) in [6.45, 7) is 0.166. The molecule has 26 heavy (non-hydrogen) atoms.